The minimum Gasteiger partial charge on any atom is -0.352 e. The molecule has 2 aromatic heterocycles. The van der Waals surface area contributed by atoms with Crippen LogP contribution in [-0.4, -0.2) is 33.8 Å². The predicted octanol–water partition coefficient (Wildman–Crippen LogP) is 4.22. The Hall–Kier alpha value is -3.30. The van der Waals surface area contributed by atoms with Crippen LogP contribution in [0.25, 0.3) is 16.6 Å². The molecule has 0 unspecified atom stereocenters. The van der Waals surface area contributed by atoms with Gasteiger partial charge in [0, 0.05) is 18.2 Å². The number of rotatable bonds is 6. The smallest absolute Gasteiger partial charge is 0.265 e. The van der Waals surface area contributed by atoms with Crippen molar-refractivity contribution in [2.45, 2.75) is 38.1 Å². The molecule has 1 fully saturated rings. The zero-order valence-corrected chi connectivity index (χ0v) is 20.1. The van der Waals surface area contributed by atoms with Crippen LogP contribution in [0.5, 0.6) is 0 Å². The van der Waals surface area contributed by atoms with Crippen LogP contribution in [0.15, 0.2) is 53.3 Å². The number of nitrogens with zero attached hydrogens (tertiary/aromatic N) is 1. The lowest BCUT2D eigenvalue weighted by Crippen LogP contribution is -2.32. The van der Waals surface area contributed by atoms with Crippen molar-refractivity contribution in [1.82, 2.24) is 20.0 Å². The van der Waals surface area contributed by atoms with E-state index in [4.69, 9.17) is 12.2 Å². The highest BCUT2D eigenvalue weighted by molar-refractivity contribution is 7.73. The van der Waals surface area contributed by atoms with E-state index in [9.17, 15) is 14.4 Å². The summed E-state index contributed by atoms with van der Waals surface area (Å²) in [4.78, 5) is 41.7. The standard InChI is InChI=1S/C25H24N4O3S2/c30-22(26-13-12-15-6-2-1-3-7-15)16-10-11-18-19(14-16)29-21(28-23(18)31)20(34-25(29)33)24(32)27-17-8-4-5-9-17/h1-3,6-7,10-11,14,17H,4-5,8-9,12-13H2,(H,26,30)(H,27,32)(H,28,31). The number of carbonyl (C=O) groups is 2. The number of H-pyrrole nitrogens is 1. The molecule has 174 valence electrons. The number of thiazole rings is 1. The Labute approximate surface area is 204 Å². The number of aromatic nitrogens is 2. The lowest BCUT2D eigenvalue weighted by Gasteiger charge is -2.11. The van der Waals surface area contributed by atoms with Crippen molar-refractivity contribution in [3.05, 3.63) is 78.8 Å². The van der Waals surface area contributed by atoms with E-state index in [1.165, 1.54) is 0 Å². The second-order valence-corrected chi connectivity index (χ2v) is 10.2. The molecule has 1 saturated carbocycles. The third kappa shape index (κ3) is 4.41. The number of hydrogen-bond donors (Lipinski definition) is 3. The topological polar surface area (TPSA) is 95.5 Å². The van der Waals surface area contributed by atoms with Gasteiger partial charge in [-0.1, -0.05) is 54.5 Å². The summed E-state index contributed by atoms with van der Waals surface area (Å²) < 4.78 is 2.12. The predicted molar refractivity (Wildman–Crippen MR) is 136 cm³/mol. The molecule has 1 aliphatic carbocycles. The molecule has 2 aromatic carbocycles. The number of benzene rings is 2. The zero-order valence-electron chi connectivity index (χ0n) is 18.4. The first kappa shape index (κ1) is 22.5. The third-order valence-electron chi connectivity index (χ3n) is 6.23. The van der Waals surface area contributed by atoms with Gasteiger partial charge in [0.25, 0.3) is 17.4 Å². The Bertz CT molecular complexity index is 1500. The summed E-state index contributed by atoms with van der Waals surface area (Å²) in [5, 5.41) is 6.40. The first-order chi connectivity index (χ1) is 16.5. The number of fused-ring (bicyclic) bond motifs is 3. The van der Waals surface area contributed by atoms with Crippen molar-refractivity contribution in [1.29, 1.82) is 0 Å². The van der Waals surface area contributed by atoms with E-state index in [1.807, 2.05) is 30.3 Å². The fraction of sp³-hybridized carbons (Fsp3) is 0.280. The van der Waals surface area contributed by atoms with Crippen LogP contribution in [0.3, 0.4) is 0 Å². The molecule has 4 aromatic rings. The molecule has 0 aliphatic heterocycles. The maximum atomic E-state index is 12.9. The molecule has 0 spiro atoms. The fourth-order valence-electron chi connectivity index (χ4n) is 4.47. The maximum absolute atomic E-state index is 12.9. The van der Waals surface area contributed by atoms with Crippen LogP contribution in [0, 0.1) is 3.95 Å². The molecule has 0 saturated heterocycles. The molecule has 7 nitrogen and oxygen atoms in total. The van der Waals surface area contributed by atoms with Gasteiger partial charge in [-0.05, 0) is 55.2 Å². The van der Waals surface area contributed by atoms with Crippen LogP contribution in [0.1, 0.15) is 51.3 Å². The quantitative estimate of drug-likeness (QED) is 0.351. The van der Waals surface area contributed by atoms with E-state index in [0.29, 0.717) is 37.5 Å². The minimum absolute atomic E-state index is 0.154. The molecule has 2 amide bonds. The lowest BCUT2D eigenvalue weighted by atomic mass is 10.1. The Balaban J connectivity index is 1.45. The molecule has 1 aliphatic rings. The molecule has 5 rings (SSSR count). The minimum atomic E-state index is -0.325. The number of carbonyl (C=O) groups excluding carboxylic acids is 2. The highest BCUT2D eigenvalue weighted by Gasteiger charge is 2.23. The Kier molecular flexibility index (Phi) is 6.30. The van der Waals surface area contributed by atoms with Crippen molar-refractivity contribution in [2.75, 3.05) is 6.54 Å². The summed E-state index contributed by atoms with van der Waals surface area (Å²) in [6.07, 6.45) is 4.86. The summed E-state index contributed by atoms with van der Waals surface area (Å²) in [7, 11) is 0. The normalized spacial score (nSPS) is 14.0. The van der Waals surface area contributed by atoms with E-state index >= 15 is 0 Å². The van der Waals surface area contributed by atoms with E-state index in [2.05, 4.69) is 15.6 Å². The number of amides is 2. The molecule has 9 heteroatoms. The van der Waals surface area contributed by atoms with E-state index in [-0.39, 0.29) is 23.4 Å². The summed E-state index contributed by atoms with van der Waals surface area (Å²) in [5.41, 5.74) is 2.12. The highest BCUT2D eigenvalue weighted by atomic mass is 32.1. The molecule has 3 N–H and O–H groups in total. The first-order valence-corrected chi connectivity index (χ1v) is 12.6. The van der Waals surface area contributed by atoms with Crippen molar-refractivity contribution in [3.8, 4) is 0 Å². The van der Waals surface area contributed by atoms with Gasteiger partial charge in [0.15, 0.2) is 3.95 Å². The number of aromatic amines is 1. The Morgan fingerprint density at radius 2 is 1.85 bits per heavy atom. The van der Waals surface area contributed by atoms with Gasteiger partial charge in [0.1, 0.15) is 10.5 Å². The first-order valence-electron chi connectivity index (χ1n) is 11.4. The number of nitrogens with one attached hydrogen (secondary N) is 3. The second-order valence-electron chi connectivity index (χ2n) is 8.51. The van der Waals surface area contributed by atoms with Crippen molar-refractivity contribution in [2.24, 2.45) is 0 Å². The van der Waals surface area contributed by atoms with Crippen molar-refractivity contribution < 1.29 is 9.59 Å². The monoisotopic (exact) mass is 492 g/mol. The summed E-state index contributed by atoms with van der Waals surface area (Å²) in [6.45, 7) is 0.495. The summed E-state index contributed by atoms with van der Waals surface area (Å²) in [5.74, 6) is -0.456. The number of hydrogen-bond acceptors (Lipinski definition) is 5. The molecular formula is C25H24N4O3S2. The fourth-order valence-corrected chi connectivity index (χ4v) is 5.76. The van der Waals surface area contributed by atoms with Gasteiger partial charge in [-0.15, -0.1) is 0 Å². The van der Waals surface area contributed by atoms with Gasteiger partial charge in [0.2, 0.25) is 0 Å². The molecular weight excluding hydrogens is 468 g/mol. The average molecular weight is 493 g/mol. The largest absolute Gasteiger partial charge is 0.352 e. The van der Waals surface area contributed by atoms with Gasteiger partial charge in [-0.3, -0.25) is 18.8 Å². The zero-order chi connectivity index (χ0) is 23.7. The SMILES string of the molecule is O=C(NCCc1ccccc1)c1ccc2c(=O)[nH]c3c(C(=O)NC4CCCC4)sc(=S)n3c2c1. The van der Waals surface area contributed by atoms with Gasteiger partial charge in [-0.25, -0.2) is 0 Å². The van der Waals surface area contributed by atoms with Crippen molar-refractivity contribution in [3.63, 3.8) is 0 Å². The van der Waals surface area contributed by atoms with Crippen LogP contribution in [0.2, 0.25) is 0 Å². The molecule has 0 radical (unpaired) electrons. The van der Waals surface area contributed by atoms with Gasteiger partial charge >= 0.3 is 0 Å². The third-order valence-corrected chi connectivity index (χ3v) is 7.60. The van der Waals surface area contributed by atoms with Crippen molar-refractivity contribution >= 4 is 51.9 Å². The summed E-state index contributed by atoms with van der Waals surface area (Å²) >= 11 is 6.72. The van der Waals surface area contributed by atoms with Crippen LogP contribution >= 0.6 is 23.6 Å². The molecule has 34 heavy (non-hydrogen) atoms. The Morgan fingerprint density at radius 1 is 1.09 bits per heavy atom. The van der Waals surface area contributed by atoms with Gasteiger partial charge < -0.3 is 15.6 Å². The molecule has 2 heterocycles. The molecule has 0 bridgehead atoms. The average Bonchev–Trinajstić information content (AvgIpc) is 3.47. The van der Waals surface area contributed by atoms with Crippen LogP contribution in [0.4, 0.5) is 0 Å². The van der Waals surface area contributed by atoms with E-state index < -0.39 is 0 Å². The van der Waals surface area contributed by atoms with E-state index in [1.54, 1.807) is 22.6 Å². The van der Waals surface area contributed by atoms with Crippen LogP contribution in [-0.2, 0) is 6.42 Å². The van der Waals surface area contributed by atoms with Gasteiger partial charge in [-0.2, -0.15) is 0 Å². The lowest BCUT2D eigenvalue weighted by molar-refractivity contribution is 0.0938. The second kappa shape index (κ2) is 9.52. The van der Waals surface area contributed by atoms with Gasteiger partial charge in [0.05, 0.1) is 10.9 Å². The van der Waals surface area contributed by atoms with E-state index in [0.717, 1.165) is 49.0 Å². The highest BCUT2D eigenvalue weighted by Crippen LogP contribution is 2.25. The Morgan fingerprint density at radius 3 is 2.62 bits per heavy atom. The maximum Gasteiger partial charge on any atom is 0.265 e. The molecule has 0 atom stereocenters. The van der Waals surface area contributed by atoms with Crippen LogP contribution < -0.4 is 16.2 Å². The summed E-state index contributed by atoms with van der Waals surface area (Å²) in [6, 6.07) is 15.0.